The molecule has 1 saturated carbocycles. The molecule has 26 heavy (non-hydrogen) atoms. The van der Waals surface area contributed by atoms with Crippen LogP contribution in [0.1, 0.15) is 31.2 Å². The topological polar surface area (TPSA) is 52.0 Å². The van der Waals surface area contributed by atoms with E-state index in [4.69, 9.17) is 4.98 Å². The molecule has 1 aliphatic rings. The Morgan fingerprint density at radius 1 is 1.04 bits per heavy atom. The van der Waals surface area contributed by atoms with Crippen LogP contribution < -0.4 is 5.56 Å². The molecule has 1 aliphatic carbocycles. The zero-order valence-corrected chi connectivity index (χ0v) is 15.5. The predicted molar refractivity (Wildman–Crippen MR) is 105 cm³/mol. The number of thioether (sulfide) groups is 1. The van der Waals surface area contributed by atoms with Crippen molar-refractivity contribution < 1.29 is 4.79 Å². The van der Waals surface area contributed by atoms with Gasteiger partial charge in [-0.25, -0.2) is 4.98 Å². The summed E-state index contributed by atoms with van der Waals surface area (Å²) in [5.41, 5.74) is 2.41. The minimum atomic E-state index is -0.118. The summed E-state index contributed by atoms with van der Waals surface area (Å²) in [4.78, 5) is 30.3. The maximum atomic E-state index is 13.2. The van der Waals surface area contributed by atoms with E-state index in [0.717, 1.165) is 30.5 Å². The van der Waals surface area contributed by atoms with Gasteiger partial charge in [0.05, 0.1) is 21.8 Å². The molecular weight excluding hydrogens is 344 g/mol. The number of rotatable bonds is 3. The van der Waals surface area contributed by atoms with Crippen LogP contribution in [0, 0.1) is 6.92 Å². The number of hydrogen-bond donors (Lipinski definition) is 0. The number of ketones is 1. The van der Waals surface area contributed by atoms with Crippen molar-refractivity contribution in [3.8, 4) is 5.69 Å². The van der Waals surface area contributed by atoms with Gasteiger partial charge in [0.15, 0.2) is 5.16 Å². The lowest BCUT2D eigenvalue weighted by Gasteiger charge is -2.22. The van der Waals surface area contributed by atoms with Crippen LogP contribution >= 0.6 is 11.8 Å². The van der Waals surface area contributed by atoms with Crippen LogP contribution in [0.2, 0.25) is 0 Å². The summed E-state index contributed by atoms with van der Waals surface area (Å²) in [6.45, 7) is 1.98. The third-order valence-electron chi connectivity index (χ3n) is 4.85. The van der Waals surface area contributed by atoms with E-state index in [9.17, 15) is 9.59 Å². The fourth-order valence-electron chi connectivity index (χ4n) is 3.42. The van der Waals surface area contributed by atoms with Crippen LogP contribution in [0.5, 0.6) is 0 Å². The van der Waals surface area contributed by atoms with Gasteiger partial charge in [0.25, 0.3) is 5.56 Å². The molecule has 0 spiro atoms. The molecule has 1 atom stereocenters. The summed E-state index contributed by atoms with van der Waals surface area (Å²) in [6.07, 6.45) is 3.48. The lowest BCUT2D eigenvalue weighted by atomic mass is 9.99. The normalized spacial score (nSPS) is 17.6. The quantitative estimate of drug-likeness (QED) is 0.650. The number of aryl methyl sites for hydroxylation is 1. The first kappa shape index (κ1) is 17.0. The molecule has 1 aromatic heterocycles. The minimum absolute atomic E-state index is 0.0874. The van der Waals surface area contributed by atoms with E-state index < -0.39 is 0 Å². The lowest BCUT2D eigenvalue weighted by Crippen LogP contribution is -2.26. The Kier molecular flexibility index (Phi) is 4.64. The third-order valence-corrected chi connectivity index (χ3v) is 6.12. The first-order valence-electron chi connectivity index (χ1n) is 8.92. The van der Waals surface area contributed by atoms with Crippen molar-refractivity contribution in [2.45, 2.75) is 43.0 Å². The van der Waals surface area contributed by atoms with Gasteiger partial charge in [-0.05, 0) is 43.5 Å². The molecule has 0 radical (unpaired) electrons. The molecule has 1 heterocycles. The van der Waals surface area contributed by atoms with E-state index in [0.29, 0.717) is 22.5 Å². The molecule has 0 bridgehead atoms. The third kappa shape index (κ3) is 3.07. The second-order valence-electron chi connectivity index (χ2n) is 6.66. The van der Waals surface area contributed by atoms with Gasteiger partial charge in [-0.3, -0.25) is 14.2 Å². The van der Waals surface area contributed by atoms with Crippen molar-refractivity contribution in [2.24, 2.45) is 0 Å². The minimum Gasteiger partial charge on any atom is -0.298 e. The van der Waals surface area contributed by atoms with Crippen molar-refractivity contribution in [1.29, 1.82) is 0 Å². The van der Waals surface area contributed by atoms with Gasteiger partial charge in [-0.15, -0.1) is 0 Å². The van der Waals surface area contributed by atoms with Gasteiger partial charge < -0.3 is 0 Å². The van der Waals surface area contributed by atoms with Crippen LogP contribution in [0.4, 0.5) is 0 Å². The van der Waals surface area contributed by atoms with Crippen LogP contribution in [-0.2, 0) is 4.79 Å². The summed E-state index contributed by atoms with van der Waals surface area (Å²) in [6, 6.07) is 15.2. The zero-order valence-electron chi connectivity index (χ0n) is 14.6. The van der Waals surface area contributed by atoms with Crippen molar-refractivity contribution in [2.75, 3.05) is 0 Å². The number of hydrogen-bond acceptors (Lipinski definition) is 4. The molecule has 132 valence electrons. The molecular formula is C21H20N2O2S. The van der Waals surface area contributed by atoms with E-state index in [1.54, 1.807) is 10.6 Å². The molecule has 0 N–H and O–H groups in total. The second-order valence-corrected chi connectivity index (χ2v) is 7.83. The molecule has 4 rings (SSSR count). The van der Waals surface area contributed by atoms with Crippen LogP contribution in [-0.4, -0.2) is 20.6 Å². The maximum Gasteiger partial charge on any atom is 0.266 e. The highest BCUT2D eigenvalue weighted by Crippen LogP contribution is 2.32. The standard InChI is InChI=1S/C21H20N2O2S/c1-14-8-2-5-11-17(14)23-20(25)15-9-3-4-10-16(15)22-21(23)26-19-13-7-6-12-18(19)24/h2-5,8-11,19H,6-7,12-13H2,1H3/t19-/m0/s1. The van der Waals surface area contributed by atoms with E-state index in [1.165, 1.54) is 11.8 Å². The fraction of sp³-hybridized carbons (Fsp3) is 0.286. The molecule has 3 aromatic rings. The molecule has 0 amide bonds. The van der Waals surface area contributed by atoms with Gasteiger partial charge in [0.2, 0.25) is 0 Å². The molecule has 0 aliphatic heterocycles. The van der Waals surface area contributed by atoms with Crippen molar-refractivity contribution in [1.82, 2.24) is 9.55 Å². The second kappa shape index (κ2) is 7.08. The van der Waals surface area contributed by atoms with E-state index >= 15 is 0 Å². The Hall–Kier alpha value is -2.40. The Bertz CT molecular complexity index is 1040. The first-order valence-corrected chi connectivity index (χ1v) is 9.80. The van der Waals surface area contributed by atoms with E-state index in [1.807, 2.05) is 49.4 Å². The Balaban J connectivity index is 1.92. The van der Waals surface area contributed by atoms with Gasteiger partial charge in [0.1, 0.15) is 5.78 Å². The summed E-state index contributed by atoms with van der Waals surface area (Å²) < 4.78 is 1.67. The number of benzene rings is 2. The number of fused-ring (bicyclic) bond motifs is 1. The number of para-hydroxylation sites is 2. The number of carbonyl (C=O) groups is 1. The molecule has 0 saturated heterocycles. The Morgan fingerprint density at radius 3 is 2.62 bits per heavy atom. The lowest BCUT2D eigenvalue weighted by molar-refractivity contribution is -0.119. The summed E-state index contributed by atoms with van der Waals surface area (Å²) in [7, 11) is 0. The monoisotopic (exact) mass is 364 g/mol. The molecule has 4 nitrogen and oxygen atoms in total. The number of Topliss-reactive ketones (excluding diaryl/α,β-unsaturated/α-hetero) is 1. The zero-order chi connectivity index (χ0) is 18.1. The van der Waals surface area contributed by atoms with E-state index in [2.05, 4.69) is 0 Å². The van der Waals surface area contributed by atoms with Crippen molar-refractivity contribution in [3.05, 3.63) is 64.4 Å². The Labute approximate surface area is 156 Å². The van der Waals surface area contributed by atoms with Crippen molar-refractivity contribution >= 4 is 28.4 Å². The highest BCUT2D eigenvalue weighted by Gasteiger charge is 2.26. The van der Waals surface area contributed by atoms with Gasteiger partial charge >= 0.3 is 0 Å². The summed E-state index contributed by atoms with van der Waals surface area (Å²) >= 11 is 1.43. The smallest absolute Gasteiger partial charge is 0.266 e. The highest BCUT2D eigenvalue weighted by molar-refractivity contribution is 8.00. The number of nitrogens with zero attached hydrogens (tertiary/aromatic N) is 2. The number of carbonyl (C=O) groups excluding carboxylic acids is 1. The maximum absolute atomic E-state index is 13.2. The summed E-state index contributed by atoms with van der Waals surface area (Å²) in [5, 5.41) is 1.07. The van der Waals surface area contributed by atoms with Crippen LogP contribution in [0.15, 0.2) is 58.5 Å². The Morgan fingerprint density at radius 2 is 1.81 bits per heavy atom. The predicted octanol–water partition coefficient (Wildman–Crippen LogP) is 4.30. The first-order chi connectivity index (χ1) is 12.6. The molecule has 5 heteroatoms. The molecule has 0 unspecified atom stereocenters. The van der Waals surface area contributed by atoms with Gasteiger partial charge in [0, 0.05) is 6.42 Å². The summed E-state index contributed by atoms with van der Waals surface area (Å²) in [5.74, 6) is 0.264. The van der Waals surface area contributed by atoms with Crippen LogP contribution in [0.25, 0.3) is 16.6 Å². The molecule has 1 fully saturated rings. The van der Waals surface area contributed by atoms with Gasteiger partial charge in [-0.1, -0.05) is 48.5 Å². The average molecular weight is 364 g/mol. The van der Waals surface area contributed by atoms with E-state index in [-0.39, 0.29) is 16.6 Å². The molecule has 2 aromatic carbocycles. The SMILES string of the molecule is Cc1ccccc1-n1c(S[C@H]2CCCCC2=O)nc2ccccc2c1=O. The van der Waals surface area contributed by atoms with Crippen LogP contribution in [0.3, 0.4) is 0 Å². The fourth-order valence-corrected chi connectivity index (χ4v) is 4.65. The van der Waals surface area contributed by atoms with Gasteiger partial charge in [-0.2, -0.15) is 0 Å². The van der Waals surface area contributed by atoms with Crippen molar-refractivity contribution in [3.63, 3.8) is 0 Å². The largest absolute Gasteiger partial charge is 0.298 e. The average Bonchev–Trinajstić information content (AvgIpc) is 2.65. The number of aromatic nitrogens is 2. The highest BCUT2D eigenvalue weighted by atomic mass is 32.2.